The molecule has 0 aliphatic carbocycles. The molecule has 2 aromatic carbocycles. The van der Waals surface area contributed by atoms with Crippen LogP contribution in [-0.2, 0) is 16.1 Å². The van der Waals surface area contributed by atoms with Crippen molar-refractivity contribution in [2.24, 2.45) is 0 Å². The molecule has 30 heavy (non-hydrogen) atoms. The molecule has 0 unspecified atom stereocenters. The highest BCUT2D eigenvalue weighted by Gasteiger charge is 2.31. The Kier molecular flexibility index (Phi) is 7.97. The van der Waals surface area contributed by atoms with Gasteiger partial charge in [0.2, 0.25) is 5.91 Å². The normalized spacial score (nSPS) is 16.3. The molecule has 0 saturated carbocycles. The third-order valence-corrected chi connectivity index (χ3v) is 5.18. The zero-order valence-corrected chi connectivity index (χ0v) is 17.9. The van der Waals surface area contributed by atoms with Gasteiger partial charge in [0.05, 0.1) is 6.61 Å². The molecule has 2 amide bonds. The number of halogens is 1. The van der Waals surface area contributed by atoms with E-state index in [1.807, 2.05) is 31.2 Å². The Morgan fingerprint density at radius 3 is 2.67 bits per heavy atom. The number of carbonyl (C=O) groups excluding carboxylic acids is 2. The van der Waals surface area contributed by atoms with Crippen molar-refractivity contribution in [2.75, 3.05) is 19.8 Å². The summed E-state index contributed by atoms with van der Waals surface area (Å²) in [7, 11) is 0. The molecule has 1 heterocycles. The van der Waals surface area contributed by atoms with Crippen molar-refractivity contribution >= 4 is 23.4 Å². The first-order valence-corrected chi connectivity index (χ1v) is 10.6. The van der Waals surface area contributed by atoms with Crippen molar-refractivity contribution in [3.63, 3.8) is 0 Å². The molecular formula is C23H27ClN2O4. The minimum absolute atomic E-state index is 0.116. The van der Waals surface area contributed by atoms with E-state index < -0.39 is 6.04 Å². The Morgan fingerprint density at radius 2 is 1.93 bits per heavy atom. The third kappa shape index (κ3) is 6.13. The van der Waals surface area contributed by atoms with E-state index >= 15 is 0 Å². The standard InChI is InChI=1S/C23H27ClN2O4/c1-2-29-19-11-9-17(10-12-19)15-26(21-8-3-4-13-25-23(21)28)22(27)16-30-20-7-5-6-18(24)14-20/h5-7,9-12,14,21H,2-4,8,13,15-16H2,1H3,(H,25,28)/t21-/m0/s1. The Balaban J connectivity index is 1.75. The molecule has 1 aliphatic heterocycles. The topological polar surface area (TPSA) is 67.9 Å². The molecule has 1 aliphatic rings. The minimum Gasteiger partial charge on any atom is -0.494 e. The molecule has 0 spiro atoms. The van der Waals surface area contributed by atoms with Gasteiger partial charge in [0.25, 0.3) is 5.91 Å². The van der Waals surface area contributed by atoms with Crippen molar-refractivity contribution < 1.29 is 19.1 Å². The van der Waals surface area contributed by atoms with Gasteiger partial charge in [0.1, 0.15) is 17.5 Å². The lowest BCUT2D eigenvalue weighted by Crippen LogP contribution is -2.49. The third-order valence-electron chi connectivity index (χ3n) is 4.95. The summed E-state index contributed by atoms with van der Waals surface area (Å²) in [5.74, 6) is 0.929. The fourth-order valence-corrected chi connectivity index (χ4v) is 3.61. The predicted molar refractivity (Wildman–Crippen MR) is 116 cm³/mol. The SMILES string of the molecule is CCOc1ccc(CN(C(=O)COc2cccc(Cl)c2)[C@H]2CCCCNC2=O)cc1. The maximum atomic E-state index is 13.1. The molecule has 0 aromatic heterocycles. The van der Waals surface area contributed by atoms with Crippen LogP contribution in [0.3, 0.4) is 0 Å². The lowest BCUT2D eigenvalue weighted by Gasteiger charge is -2.30. The van der Waals surface area contributed by atoms with Crippen molar-refractivity contribution in [1.29, 1.82) is 0 Å². The van der Waals surface area contributed by atoms with Gasteiger partial charge in [-0.25, -0.2) is 0 Å². The van der Waals surface area contributed by atoms with Crippen LogP contribution >= 0.6 is 11.6 Å². The number of hydrogen-bond donors (Lipinski definition) is 1. The molecule has 1 N–H and O–H groups in total. The Labute approximate surface area is 182 Å². The summed E-state index contributed by atoms with van der Waals surface area (Å²) in [6, 6.07) is 14.0. The first-order chi connectivity index (χ1) is 14.6. The fraction of sp³-hybridized carbons (Fsp3) is 0.391. The molecule has 160 valence electrons. The van der Waals surface area contributed by atoms with Gasteiger partial charge >= 0.3 is 0 Å². The van der Waals surface area contributed by atoms with E-state index in [0.717, 1.165) is 24.2 Å². The highest BCUT2D eigenvalue weighted by atomic mass is 35.5. The average molecular weight is 431 g/mol. The van der Waals surface area contributed by atoms with Gasteiger partial charge in [-0.05, 0) is 62.1 Å². The van der Waals surface area contributed by atoms with E-state index in [9.17, 15) is 9.59 Å². The van der Waals surface area contributed by atoms with Crippen molar-refractivity contribution in [3.05, 3.63) is 59.1 Å². The predicted octanol–water partition coefficient (Wildman–Crippen LogP) is 3.82. The van der Waals surface area contributed by atoms with Gasteiger partial charge in [0, 0.05) is 18.1 Å². The molecule has 1 saturated heterocycles. The first kappa shape index (κ1) is 22.0. The lowest BCUT2D eigenvalue weighted by molar-refractivity contribution is -0.142. The van der Waals surface area contributed by atoms with Crippen LogP contribution in [0, 0.1) is 0 Å². The quantitative estimate of drug-likeness (QED) is 0.691. The van der Waals surface area contributed by atoms with Gasteiger partial charge in [-0.15, -0.1) is 0 Å². The van der Waals surface area contributed by atoms with Crippen molar-refractivity contribution in [1.82, 2.24) is 10.2 Å². The van der Waals surface area contributed by atoms with Gasteiger partial charge < -0.3 is 19.7 Å². The molecule has 2 aromatic rings. The molecule has 0 bridgehead atoms. The minimum atomic E-state index is -0.519. The second-order valence-electron chi connectivity index (χ2n) is 7.15. The number of amides is 2. The average Bonchev–Trinajstić information content (AvgIpc) is 2.96. The summed E-state index contributed by atoms with van der Waals surface area (Å²) in [6.45, 7) is 3.31. The van der Waals surface area contributed by atoms with Gasteiger partial charge in [-0.1, -0.05) is 29.8 Å². The molecule has 7 heteroatoms. The highest BCUT2D eigenvalue weighted by molar-refractivity contribution is 6.30. The van der Waals surface area contributed by atoms with Crippen LogP contribution in [0.15, 0.2) is 48.5 Å². The number of ether oxygens (including phenoxy) is 2. The first-order valence-electron chi connectivity index (χ1n) is 10.2. The van der Waals surface area contributed by atoms with Crippen molar-refractivity contribution in [3.8, 4) is 11.5 Å². The van der Waals surface area contributed by atoms with Crippen LogP contribution in [0.4, 0.5) is 0 Å². The summed E-state index contributed by atoms with van der Waals surface area (Å²) in [4.78, 5) is 27.3. The van der Waals surface area contributed by atoms with Gasteiger partial charge in [0.15, 0.2) is 6.61 Å². The Hall–Kier alpha value is -2.73. The summed E-state index contributed by atoms with van der Waals surface area (Å²) >= 11 is 5.99. The number of carbonyl (C=O) groups is 2. The molecular weight excluding hydrogens is 404 g/mol. The molecule has 0 radical (unpaired) electrons. The lowest BCUT2D eigenvalue weighted by atomic mass is 10.1. The largest absolute Gasteiger partial charge is 0.494 e. The number of benzene rings is 2. The van der Waals surface area contributed by atoms with Crippen LogP contribution in [-0.4, -0.2) is 42.5 Å². The summed E-state index contributed by atoms with van der Waals surface area (Å²) < 4.78 is 11.1. The smallest absolute Gasteiger partial charge is 0.261 e. The molecule has 1 atom stereocenters. The van der Waals surface area contributed by atoms with E-state index in [4.69, 9.17) is 21.1 Å². The van der Waals surface area contributed by atoms with E-state index in [2.05, 4.69) is 5.32 Å². The zero-order valence-electron chi connectivity index (χ0n) is 17.1. The van der Waals surface area contributed by atoms with E-state index in [1.54, 1.807) is 29.2 Å². The van der Waals surface area contributed by atoms with Crippen LogP contribution in [0.25, 0.3) is 0 Å². The van der Waals surface area contributed by atoms with Crippen LogP contribution in [0.5, 0.6) is 11.5 Å². The highest BCUT2D eigenvalue weighted by Crippen LogP contribution is 2.20. The van der Waals surface area contributed by atoms with E-state index in [1.165, 1.54) is 0 Å². The number of rotatable bonds is 8. The second kappa shape index (κ2) is 10.9. The summed E-state index contributed by atoms with van der Waals surface area (Å²) in [5.41, 5.74) is 0.923. The monoisotopic (exact) mass is 430 g/mol. The Morgan fingerprint density at radius 1 is 1.13 bits per heavy atom. The Bertz CT molecular complexity index is 857. The van der Waals surface area contributed by atoms with Crippen LogP contribution < -0.4 is 14.8 Å². The van der Waals surface area contributed by atoms with Crippen LogP contribution in [0.2, 0.25) is 5.02 Å². The van der Waals surface area contributed by atoms with Gasteiger partial charge in [-0.3, -0.25) is 9.59 Å². The molecule has 3 rings (SSSR count). The second-order valence-corrected chi connectivity index (χ2v) is 7.58. The number of hydrogen-bond acceptors (Lipinski definition) is 4. The summed E-state index contributed by atoms with van der Waals surface area (Å²) in [5, 5.41) is 3.45. The van der Waals surface area contributed by atoms with Crippen LogP contribution in [0.1, 0.15) is 31.7 Å². The summed E-state index contributed by atoms with van der Waals surface area (Å²) in [6.07, 6.45) is 2.42. The maximum Gasteiger partial charge on any atom is 0.261 e. The zero-order chi connectivity index (χ0) is 21.3. The number of nitrogens with one attached hydrogen (secondary N) is 1. The van der Waals surface area contributed by atoms with E-state index in [-0.39, 0.29) is 18.4 Å². The fourth-order valence-electron chi connectivity index (χ4n) is 3.43. The number of nitrogens with zero attached hydrogens (tertiary/aromatic N) is 1. The van der Waals surface area contributed by atoms with Gasteiger partial charge in [-0.2, -0.15) is 0 Å². The molecule has 6 nitrogen and oxygen atoms in total. The van der Waals surface area contributed by atoms with Crippen molar-refractivity contribution in [2.45, 2.75) is 38.8 Å². The molecule has 1 fully saturated rings. The van der Waals surface area contributed by atoms with E-state index in [0.29, 0.717) is 36.9 Å². The maximum absolute atomic E-state index is 13.1.